The summed E-state index contributed by atoms with van der Waals surface area (Å²) in [5, 5.41) is 4.63. The summed E-state index contributed by atoms with van der Waals surface area (Å²) in [6, 6.07) is 0.323. The Hall–Kier alpha value is -1.59. The van der Waals surface area contributed by atoms with E-state index in [9.17, 15) is 9.59 Å². The van der Waals surface area contributed by atoms with Gasteiger partial charge in [0.05, 0.1) is 0 Å². The van der Waals surface area contributed by atoms with Crippen LogP contribution in [0.5, 0.6) is 0 Å². The van der Waals surface area contributed by atoms with Crippen LogP contribution >= 0.6 is 0 Å². The number of aromatic nitrogens is 3. The highest BCUT2D eigenvalue weighted by molar-refractivity contribution is 5.79. The number of hydrogen-bond acceptors (Lipinski definition) is 3. The molecule has 0 radical (unpaired) electrons. The smallest absolute Gasteiger partial charge is 0.342 e. The number of carbonyl (C=O) groups excluding carboxylic acids is 1. The van der Waals surface area contributed by atoms with E-state index in [1.54, 1.807) is 7.05 Å². The zero-order chi connectivity index (χ0) is 21.1. The van der Waals surface area contributed by atoms with Gasteiger partial charge in [-0.15, -0.1) is 0 Å². The predicted octanol–water partition coefficient (Wildman–Crippen LogP) is 4.40. The lowest BCUT2D eigenvalue weighted by atomic mass is 9.79. The molecule has 1 aliphatic heterocycles. The van der Waals surface area contributed by atoms with Gasteiger partial charge >= 0.3 is 5.69 Å². The van der Waals surface area contributed by atoms with E-state index in [0.717, 1.165) is 63.4 Å². The van der Waals surface area contributed by atoms with Gasteiger partial charge in [-0.1, -0.05) is 39.0 Å². The molecule has 3 fully saturated rings. The van der Waals surface area contributed by atoms with Gasteiger partial charge in [0.15, 0.2) is 0 Å². The first-order chi connectivity index (χ1) is 14.6. The largest absolute Gasteiger partial charge is 0.345 e. The van der Waals surface area contributed by atoms with Crippen LogP contribution in [0.15, 0.2) is 4.79 Å². The van der Waals surface area contributed by atoms with Crippen LogP contribution in [0.2, 0.25) is 0 Å². The van der Waals surface area contributed by atoms with E-state index in [2.05, 4.69) is 16.9 Å². The number of rotatable bonds is 6. The van der Waals surface area contributed by atoms with Crippen molar-refractivity contribution in [2.24, 2.45) is 18.9 Å². The molecule has 1 aromatic heterocycles. The van der Waals surface area contributed by atoms with Crippen molar-refractivity contribution in [3.63, 3.8) is 0 Å². The molecule has 2 aliphatic carbocycles. The van der Waals surface area contributed by atoms with Gasteiger partial charge < -0.3 is 4.90 Å². The summed E-state index contributed by atoms with van der Waals surface area (Å²) in [5.41, 5.74) is 0.0373. The van der Waals surface area contributed by atoms with Crippen LogP contribution in [0, 0.1) is 11.8 Å². The zero-order valence-electron chi connectivity index (χ0n) is 19.0. The standard InChI is InChI=1S/C24H40N4O2/c1-3-4-7-18-10-12-20(13-11-18)23(29)27-16-14-19(15-17-27)22-25-26(2)24(30)28(22)21-8-5-6-9-21/h18-21H,3-17H2,1-2H3. The zero-order valence-corrected chi connectivity index (χ0v) is 19.0. The van der Waals surface area contributed by atoms with Gasteiger partial charge in [-0.3, -0.25) is 9.36 Å². The molecule has 0 N–H and O–H groups in total. The van der Waals surface area contributed by atoms with Gasteiger partial charge in [-0.25, -0.2) is 9.48 Å². The molecule has 1 saturated heterocycles. The fraction of sp³-hybridized carbons (Fsp3) is 0.875. The number of piperidine rings is 1. The summed E-state index contributed by atoms with van der Waals surface area (Å²) in [6.07, 6.45) is 15.0. The highest BCUT2D eigenvalue weighted by Crippen LogP contribution is 2.36. The average molecular weight is 417 g/mol. The molecule has 30 heavy (non-hydrogen) atoms. The molecule has 0 aromatic carbocycles. The predicted molar refractivity (Wildman–Crippen MR) is 119 cm³/mol. The van der Waals surface area contributed by atoms with Crippen LogP contribution in [0.3, 0.4) is 0 Å². The molecule has 0 atom stereocenters. The van der Waals surface area contributed by atoms with Crippen LogP contribution in [-0.2, 0) is 11.8 Å². The Kier molecular flexibility index (Phi) is 6.99. The molecule has 2 heterocycles. The second-order valence-corrected chi connectivity index (χ2v) is 10.0. The minimum absolute atomic E-state index is 0.0373. The first kappa shape index (κ1) is 21.6. The third kappa shape index (κ3) is 4.52. The summed E-state index contributed by atoms with van der Waals surface area (Å²) in [6.45, 7) is 3.89. The number of unbranched alkanes of at least 4 members (excludes halogenated alkanes) is 1. The van der Waals surface area contributed by atoms with Gasteiger partial charge in [-0.05, 0) is 57.3 Å². The Bertz CT molecular complexity index is 761. The Balaban J connectivity index is 1.33. The van der Waals surface area contributed by atoms with Gasteiger partial charge in [0, 0.05) is 38.0 Å². The van der Waals surface area contributed by atoms with Crippen molar-refractivity contribution >= 4 is 5.91 Å². The normalized spacial score (nSPS) is 26.4. The van der Waals surface area contributed by atoms with E-state index in [0.29, 0.717) is 17.9 Å². The van der Waals surface area contributed by atoms with E-state index in [-0.39, 0.29) is 11.6 Å². The SMILES string of the molecule is CCCCC1CCC(C(=O)N2CCC(c3nn(C)c(=O)n3C3CCCC3)CC2)CC1. The van der Waals surface area contributed by atoms with Crippen LogP contribution < -0.4 is 5.69 Å². The Morgan fingerprint density at radius 1 is 1.00 bits per heavy atom. The first-order valence-corrected chi connectivity index (χ1v) is 12.5. The van der Waals surface area contributed by atoms with Gasteiger partial charge in [-0.2, -0.15) is 5.10 Å². The molecular formula is C24H40N4O2. The highest BCUT2D eigenvalue weighted by Gasteiger charge is 2.34. The quantitative estimate of drug-likeness (QED) is 0.690. The molecule has 2 saturated carbocycles. The molecule has 168 valence electrons. The summed E-state index contributed by atoms with van der Waals surface area (Å²) >= 11 is 0. The topological polar surface area (TPSA) is 60.1 Å². The number of hydrogen-bond donors (Lipinski definition) is 0. The van der Waals surface area contributed by atoms with E-state index < -0.39 is 0 Å². The summed E-state index contributed by atoms with van der Waals surface area (Å²) in [7, 11) is 1.77. The number of nitrogens with zero attached hydrogens (tertiary/aromatic N) is 4. The lowest BCUT2D eigenvalue weighted by molar-refractivity contribution is -0.138. The van der Waals surface area contributed by atoms with Crippen molar-refractivity contribution in [1.82, 2.24) is 19.2 Å². The van der Waals surface area contributed by atoms with E-state index in [1.807, 2.05) is 4.57 Å². The number of aryl methyl sites for hydroxylation is 1. The molecule has 6 heteroatoms. The second-order valence-electron chi connectivity index (χ2n) is 10.0. The van der Waals surface area contributed by atoms with E-state index in [4.69, 9.17) is 0 Å². The molecule has 1 amide bonds. The maximum absolute atomic E-state index is 13.1. The molecule has 3 aliphatic rings. The van der Waals surface area contributed by atoms with Crippen molar-refractivity contribution in [2.75, 3.05) is 13.1 Å². The van der Waals surface area contributed by atoms with Crippen molar-refractivity contribution in [3.05, 3.63) is 16.3 Å². The average Bonchev–Trinajstić information content (AvgIpc) is 3.40. The highest BCUT2D eigenvalue weighted by atomic mass is 16.2. The number of carbonyl (C=O) groups is 1. The Labute approximate surface area is 181 Å². The minimum Gasteiger partial charge on any atom is -0.342 e. The molecule has 0 spiro atoms. The Morgan fingerprint density at radius 2 is 1.67 bits per heavy atom. The van der Waals surface area contributed by atoms with Crippen molar-refractivity contribution < 1.29 is 4.79 Å². The second kappa shape index (κ2) is 9.69. The molecule has 0 unspecified atom stereocenters. The first-order valence-electron chi connectivity index (χ1n) is 12.5. The fourth-order valence-corrected chi connectivity index (χ4v) is 6.09. The van der Waals surface area contributed by atoms with E-state index in [1.165, 1.54) is 49.6 Å². The lowest BCUT2D eigenvalue weighted by Crippen LogP contribution is -2.42. The van der Waals surface area contributed by atoms with Gasteiger partial charge in [0.1, 0.15) is 5.82 Å². The Morgan fingerprint density at radius 3 is 2.30 bits per heavy atom. The molecule has 0 bridgehead atoms. The molecule has 4 rings (SSSR count). The van der Waals surface area contributed by atoms with Crippen LogP contribution in [-0.4, -0.2) is 38.2 Å². The van der Waals surface area contributed by atoms with Gasteiger partial charge in [0.25, 0.3) is 0 Å². The molecular weight excluding hydrogens is 376 g/mol. The summed E-state index contributed by atoms with van der Waals surface area (Å²) in [4.78, 5) is 27.9. The fourth-order valence-electron chi connectivity index (χ4n) is 6.09. The van der Waals surface area contributed by atoms with Crippen molar-refractivity contribution in [3.8, 4) is 0 Å². The van der Waals surface area contributed by atoms with Crippen LogP contribution in [0.25, 0.3) is 0 Å². The maximum Gasteiger partial charge on any atom is 0.345 e. The third-order valence-electron chi connectivity index (χ3n) is 8.01. The van der Waals surface area contributed by atoms with Crippen molar-refractivity contribution in [1.29, 1.82) is 0 Å². The molecule has 1 aromatic rings. The monoisotopic (exact) mass is 416 g/mol. The van der Waals surface area contributed by atoms with Crippen LogP contribution in [0.4, 0.5) is 0 Å². The van der Waals surface area contributed by atoms with E-state index >= 15 is 0 Å². The summed E-state index contributed by atoms with van der Waals surface area (Å²) < 4.78 is 3.51. The number of amides is 1. The van der Waals surface area contributed by atoms with Gasteiger partial charge in [0.2, 0.25) is 5.91 Å². The minimum atomic E-state index is 0.0373. The van der Waals surface area contributed by atoms with Crippen molar-refractivity contribution in [2.45, 2.75) is 102 Å². The maximum atomic E-state index is 13.1. The van der Waals surface area contributed by atoms with Crippen LogP contribution in [0.1, 0.15) is 108 Å². The lowest BCUT2D eigenvalue weighted by Gasteiger charge is -2.36. The number of likely N-dealkylation sites (tertiary alicyclic amines) is 1. The third-order valence-corrected chi connectivity index (χ3v) is 8.01. The summed E-state index contributed by atoms with van der Waals surface area (Å²) in [5.74, 6) is 2.74. The molecule has 6 nitrogen and oxygen atoms in total.